The van der Waals surface area contributed by atoms with Crippen LogP contribution in [0, 0.1) is 5.92 Å². The first-order chi connectivity index (χ1) is 9.51. The highest BCUT2D eigenvalue weighted by Crippen LogP contribution is 2.15. The van der Waals surface area contributed by atoms with Crippen LogP contribution in [-0.4, -0.2) is 42.1 Å². The van der Waals surface area contributed by atoms with Gasteiger partial charge in [-0.05, 0) is 36.6 Å². The van der Waals surface area contributed by atoms with Crippen LogP contribution in [0.25, 0.3) is 0 Å². The van der Waals surface area contributed by atoms with Gasteiger partial charge in [0.2, 0.25) is 0 Å². The molecule has 0 radical (unpaired) electrons. The lowest BCUT2D eigenvalue weighted by molar-refractivity contribution is 0.0981. The van der Waals surface area contributed by atoms with Crippen LogP contribution in [0.3, 0.4) is 0 Å². The maximum absolute atomic E-state index is 9.85. The summed E-state index contributed by atoms with van der Waals surface area (Å²) in [6, 6.07) is 7.02. The van der Waals surface area contributed by atoms with Crippen LogP contribution >= 0.6 is 11.6 Å². The van der Waals surface area contributed by atoms with Crippen molar-refractivity contribution in [1.82, 2.24) is 5.32 Å². The van der Waals surface area contributed by atoms with E-state index in [0.717, 1.165) is 6.42 Å². The van der Waals surface area contributed by atoms with Gasteiger partial charge < -0.3 is 20.3 Å². The molecule has 2 atom stereocenters. The number of ether oxygens (including phenoxy) is 1. The summed E-state index contributed by atoms with van der Waals surface area (Å²) >= 11 is 5.78. The van der Waals surface area contributed by atoms with E-state index >= 15 is 0 Å². The maximum Gasteiger partial charge on any atom is 0.119 e. The van der Waals surface area contributed by atoms with Crippen molar-refractivity contribution < 1.29 is 14.9 Å². The second-order valence-electron chi connectivity index (χ2n) is 5.34. The second kappa shape index (κ2) is 9.19. The lowest BCUT2D eigenvalue weighted by Crippen LogP contribution is -2.40. The first-order valence-corrected chi connectivity index (χ1v) is 7.29. The van der Waals surface area contributed by atoms with E-state index in [-0.39, 0.29) is 19.3 Å². The molecule has 1 aromatic rings. The van der Waals surface area contributed by atoms with E-state index in [9.17, 15) is 10.2 Å². The van der Waals surface area contributed by atoms with Crippen LogP contribution in [-0.2, 0) is 0 Å². The Kier molecular flexibility index (Phi) is 7.92. The standard InChI is InChI=1S/C15H24ClNO3/c1-11(2)7-13(9-18)17-8-14(19)10-20-15-5-3-12(16)4-6-15/h3-6,11,13-14,17-19H,7-10H2,1-2H3. The smallest absolute Gasteiger partial charge is 0.119 e. The van der Waals surface area contributed by atoms with Gasteiger partial charge in [0.25, 0.3) is 0 Å². The van der Waals surface area contributed by atoms with Crippen molar-refractivity contribution in [2.75, 3.05) is 19.8 Å². The lowest BCUT2D eigenvalue weighted by Gasteiger charge is -2.20. The van der Waals surface area contributed by atoms with E-state index in [0.29, 0.717) is 23.2 Å². The number of hydrogen-bond acceptors (Lipinski definition) is 4. The predicted octanol–water partition coefficient (Wildman–Crippen LogP) is 2.08. The Hall–Kier alpha value is -0.810. The fourth-order valence-electron chi connectivity index (χ4n) is 1.88. The summed E-state index contributed by atoms with van der Waals surface area (Å²) in [5, 5.41) is 22.9. The van der Waals surface area contributed by atoms with Crippen LogP contribution in [0.1, 0.15) is 20.3 Å². The van der Waals surface area contributed by atoms with Crippen molar-refractivity contribution in [3.63, 3.8) is 0 Å². The molecule has 4 nitrogen and oxygen atoms in total. The Morgan fingerprint density at radius 1 is 1.25 bits per heavy atom. The van der Waals surface area contributed by atoms with Crippen molar-refractivity contribution in [3.8, 4) is 5.75 Å². The molecular formula is C15H24ClNO3. The van der Waals surface area contributed by atoms with Crippen molar-refractivity contribution in [1.29, 1.82) is 0 Å². The highest BCUT2D eigenvalue weighted by molar-refractivity contribution is 6.30. The minimum absolute atomic E-state index is 0.0141. The molecular weight excluding hydrogens is 278 g/mol. The summed E-state index contributed by atoms with van der Waals surface area (Å²) in [5.74, 6) is 1.18. The highest BCUT2D eigenvalue weighted by Gasteiger charge is 2.12. The van der Waals surface area contributed by atoms with E-state index < -0.39 is 6.10 Å². The summed E-state index contributed by atoms with van der Waals surface area (Å²) in [4.78, 5) is 0. The van der Waals surface area contributed by atoms with Gasteiger partial charge in [-0.1, -0.05) is 25.4 Å². The van der Waals surface area contributed by atoms with Gasteiger partial charge in [0.05, 0.1) is 6.61 Å². The van der Waals surface area contributed by atoms with Gasteiger partial charge in [0.15, 0.2) is 0 Å². The molecule has 2 unspecified atom stereocenters. The van der Waals surface area contributed by atoms with Gasteiger partial charge >= 0.3 is 0 Å². The molecule has 0 amide bonds. The molecule has 0 aliphatic rings. The minimum atomic E-state index is -0.619. The van der Waals surface area contributed by atoms with Crippen molar-refractivity contribution >= 4 is 11.6 Å². The first kappa shape index (κ1) is 17.2. The summed E-state index contributed by atoms with van der Waals surface area (Å²) < 4.78 is 5.46. The van der Waals surface area contributed by atoms with Gasteiger partial charge in [-0.25, -0.2) is 0 Å². The molecule has 0 aromatic heterocycles. The lowest BCUT2D eigenvalue weighted by atomic mass is 10.0. The Morgan fingerprint density at radius 2 is 1.90 bits per heavy atom. The summed E-state index contributed by atoms with van der Waals surface area (Å²) in [6.45, 7) is 4.87. The summed E-state index contributed by atoms with van der Waals surface area (Å²) in [6.07, 6.45) is 0.258. The van der Waals surface area contributed by atoms with Crippen LogP contribution in [0.5, 0.6) is 5.75 Å². The van der Waals surface area contributed by atoms with Crippen LogP contribution in [0.2, 0.25) is 5.02 Å². The normalized spacial score (nSPS) is 14.3. The molecule has 3 N–H and O–H groups in total. The van der Waals surface area contributed by atoms with Crippen molar-refractivity contribution in [3.05, 3.63) is 29.3 Å². The molecule has 20 heavy (non-hydrogen) atoms. The number of nitrogens with one attached hydrogen (secondary N) is 1. The third-order valence-electron chi connectivity index (χ3n) is 2.87. The zero-order valence-corrected chi connectivity index (χ0v) is 12.8. The predicted molar refractivity (Wildman–Crippen MR) is 81.3 cm³/mol. The van der Waals surface area contributed by atoms with Gasteiger partial charge in [-0.3, -0.25) is 0 Å². The monoisotopic (exact) mass is 301 g/mol. The number of benzene rings is 1. The Morgan fingerprint density at radius 3 is 2.45 bits per heavy atom. The number of rotatable bonds is 9. The van der Waals surface area contributed by atoms with Gasteiger partial charge in [-0.2, -0.15) is 0 Å². The quantitative estimate of drug-likeness (QED) is 0.653. The summed E-state index contributed by atoms with van der Waals surface area (Å²) in [7, 11) is 0. The molecule has 0 aliphatic carbocycles. The summed E-state index contributed by atoms with van der Waals surface area (Å²) in [5.41, 5.74) is 0. The average Bonchev–Trinajstić information content (AvgIpc) is 2.42. The third kappa shape index (κ3) is 7.10. The second-order valence-corrected chi connectivity index (χ2v) is 5.77. The molecule has 114 valence electrons. The fourth-order valence-corrected chi connectivity index (χ4v) is 2.00. The molecule has 0 saturated carbocycles. The Labute approximate surface area is 125 Å². The Bertz CT molecular complexity index is 370. The zero-order chi connectivity index (χ0) is 15.0. The molecule has 0 spiro atoms. The Balaban J connectivity index is 2.25. The largest absolute Gasteiger partial charge is 0.491 e. The zero-order valence-electron chi connectivity index (χ0n) is 12.1. The van der Waals surface area contributed by atoms with E-state index in [1.807, 2.05) is 0 Å². The van der Waals surface area contributed by atoms with Gasteiger partial charge in [-0.15, -0.1) is 0 Å². The third-order valence-corrected chi connectivity index (χ3v) is 3.13. The van der Waals surface area contributed by atoms with Gasteiger partial charge in [0, 0.05) is 17.6 Å². The molecule has 0 heterocycles. The van der Waals surface area contributed by atoms with Crippen molar-refractivity contribution in [2.24, 2.45) is 5.92 Å². The topological polar surface area (TPSA) is 61.7 Å². The molecule has 0 aliphatic heterocycles. The highest BCUT2D eigenvalue weighted by atomic mass is 35.5. The molecule has 5 heteroatoms. The first-order valence-electron chi connectivity index (χ1n) is 6.92. The SMILES string of the molecule is CC(C)CC(CO)NCC(O)COc1ccc(Cl)cc1. The van der Waals surface area contributed by atoms with E-state index in [1.165, 1.54) is 0 Å². The molecule has 0 saturated heterocycles. The molecule has 0 fully saturated rings. The molecule has 1 aromatic carbocycles. The van der Waals surface area contributed by atoms with Crippen molar-refractivity contribution in [2.45, 2.75) is 32.4 Å². The molecule has 1 rings (SSSR count). The minimum Gasteiger partial charge on any atom is -0.491 e. The number of aliphatic hydroxyl groups excluding tert-OH is 2. The average molecular weight is 302 g/mol. The van der Waals surface area contributed by atoms with E-state index in [4.69, 9.17) is 16.3 Å². The fraction of sp³-hybridized carbons (Fsp3) is 0.600. The van der Waals surface area contributed by atoms with Crippen LogP contribution < -0.4 is 10.1 Å². The van der Waals surface area contributed by atoms with Gasteiger partial charge in [0.1, 0.15) is 18.5 Å². The number of hydrogen-bond donors (Lipinski definition) is 3. The van der Waals surface area contributed by atoms with E-state index in [1.54, 1.807) is 24.3 Å². The number of aliphatic hydroxyl groups is 2. The number of halogens is 1. The van der Waals surface area contributed by atoms with Crippen LogP contribution in [0.4, 0.5) is 0 Å². The van der Waals surface area contributed by atoms with E-state index in [2.05, 4.69) is 19.2 Å². The molecule has 0 bridgehead atoms. The van der Waals surface area contributed by atoms with Crippen LogP contribution in [0.15, 0.2) is 24.3 Å². The maximum atomic E-state index is 9.85.